The van der Waals surface area contributed by atoms with E-state index in [0.29, 0.717) is 29.7 Å². The van der Waals surface area contributed by atoms with E-state index in [1.807, 2.05) is 0 Å². The number of H-pyrrole nitrogens is 1. The molecule has 3 heterocycles. The van der Waals surface area contributed by atoms with Crippen LogP contribution in [0.15, 0.2) is 21.2 Å². The predicted molar refractivity (Wildman–Crippen MR) is 79.4 cm³/mol. The van der Waals surface area contributed by atoms with Crippen molar-refractivity contribution in [2.75, 3.05) is 13.2 Å². The minimum atomic E-state index is -0.477. The number of halogens is 1. The Bertz CT molecular complexity index is 721. The fraction of sp³-hybridized carbons (Fsp3) is 0.357. The highest BCUT2D eigenvalue weighted by Crippen LogP contribution is 2.23. The van der Waals surface area contributed by atoms with Crippen LogP contribution in [0.4, 0.5) is 0 Å². The average molecular weight is 368 g/mol. The Balaban J connectivity index is 1.82. The highest BCUT2D eigenvalue weighted by molar-refractivity contribution is 9.10. The number of amides is 1. The van der Waals surface area contributed by atoms with E-state index in [2.05, 4.69) is 26.1 Å². The number of nitrogens with zero attached hydrogens (tertiary/aromatic N) is 2. The molecule has 0 bridgehead atoms. The van der Waals surface area contributed by atoms with Gasteiger partial charge in [0, 0.05) is 24.2 Å². The maximum Gasteiger partial charge on any atom is 0.359 e. The molecule has 1 amide bonds. The number of ether oxygens (including phenoxy) is 1. The van der Waals surface area contributed by atoms with Crippen LogP contribution in [-0.4, -0.2) is 40.1 Å². The standard InChI is InChI=1S/C14H14BrN3O4/c1-2-21-14(20)12-8-7-18(6-5-9(8)16-17-12)13(19)10-3-4-11(15)22-10/h3-4H,2,5-7H2,1H3,(H,16,17). The normalized spacial score (nSPS) is 13.8. The summed E-state index contributed by atoms with van der Waals surface area (Å²) in [5.74, 6) is -0.432. The van der Waals surface area contributed by atoms with Crippen LogP contribution in [-0.2, 0) is 17.7 Å². The molecule has 2 aromatic heterocycles. The summed E-state index contributed by atoms with van der Waals surface area (Å²) in [6, 6.07) is 3.29. The highest BCUT2D eigenvalue weighted by atomic mass is 79.9. The van der Waals surface area contributed by atoms with Crippen molar-refractivity contribution in [3.8, 4) is 0 Å². The molecule has 1 aliphatic heterocycles. The number of hydrogen-bond acceptors (Lipinski definition) is 5. The topological polar surface area (TPSA) is 88.4 Å². The van der Waals surface area contributed by atoms with Gasteiger partial charge in [-0.25, -0.2) is 4.79 Å². The third kappa shape index (κ3) is 2.66. The Morgan fingerprint density at radius 3 is 3.00 bits per heavy atom. The number of furan rings is 1. The zero-order valence-electron chi connectivity index (χ0n) is 11.9. The molecule has 0 radical (unpaired) electrons. The molecular formula is C14H14BrN3O4. The van der Waals surface area contributed by atoms with Gasteiger partial charge in [0.25, 0.3) is 5.91 Å². The largest absolute Gasteiger partial charge is 0.461 e. The summed E-state index contributed by atoms with van der Waals surface area (Å²) in [6.45, 7) is 2.86. The summed E-state index contributed by atoms with van der Waals surface area (Å²) in [7, 11) is 0. The molecule has 0 aliphatic carbocycles. The first kappa shape index (κ1) is 14.8. The molecule has 116 valence electrons. The van der Waals surface area contributed by atoms with Gasteiger partial charge in [0.2, 0.25) is 0 Å². The zero-order chi connectivity index (χ0) is 15.7. The van der Waals surface area contributed by atoms with Crippen molar-refractivity contribution in [1.82, 2.24) is 15.1 Å². The molecule has 1 aliphatic rings. The second-order valence-corrected chi connectivity index (χ2v) is 5.61. The lowest BCUT2D eigenvalue weighted by Gasteiger charge is -2.26. The van der Waals surface area contributed by atoms with Gasteiger partial charge in [-0.2, -0.15) is 5.10 Å². The van der Waals surface area contributed by atoms with Crippen molar-refractivity contribution in [3.05, 3.63) is 39.5 Å². The van der Waals surface area contributed by atoms with E-state index in [0.717, 1.165) is 5.69 Å². The number of fused-ring (bicyclic) bond motifs is 1. The van der Waals surface area contributed by atoms with Crippen LogP contribution in [0.3, 0.4) is 0 Å². The number of nitrogens with one attached hydrogen (secondary N) is 1. The minimum Gasteiger partial charge on any atom is -0.461 e. The van der Waals surface area contributed by atoms with Gasteiger partial charge in [0.15, 0.2) is 16.1 Å². The van der Waals surface area contributed by atoms with Crippen LogP contribution in [0.1, 0.15) is 39.2 Å². The number of carbonyl (C=O) groups excluding carboxylic acids is 2. The summed E-state index contributed by atoms with van der Waals surface area (Å²) in [4.78, 5) is 25.9. The van der Waals surface area contributed by atoms with E-state index in [1.165, 1.54) is 0 Å². The molecule has 0 unspecified atom stereocenters. The van der Waals surface area contributed by atoms with E-state index < -0.39 is 5.97 Å². The van der Waals surface area contributed by atoms with E-state index in [4.69, 9.17) is 9.15 Å². The molecule has 0 saturated carbocycles. The molecule has 0 aromatic carbocycles. The monoisotopic (exact) mass is 367 g/mol. The Hall–Kier alpha value is -2.09. The van der Waals surface area contributed by atoms with Crippen LogP contribution < -0.4 is 0 Å². The van der Waals surface area contributed by atoms with E-state index >= 15 is 0 Å². The summed E-state index contributed by atoms with van der Waals surface area (Å²) < 4.78 is 10.8. The quantitative estimate of drug-likeness (QED) is 0.839. The summed E-state index contributed by atoms with van der Waals surface area (Å²) >= 11 is 3.18. The molecule has 0 saturated heterocycles. The number of esters is 1. The summed E-state index contributed by atoms with van der Waals surface area (Å²) in [6.07, 6.45) is 0.607. The Morgan fingerprint density at radius 1 is 1.50 bits per heavy atom. The third-order valence-corrected chi connectivity index (χ3v) is 3.90. The van der Waals surface area contributed by atoms with Crippen molar-refractivity contribution in [1.29, 1.82) is 0 Å². The van der Waals surface area contributed by atoms with Crippen molar-refractivity contribution >= 4 is 27.8 Å². The van der Waals surface area contributed by atoms with Crippen molar-refractivity contribution < 1.29 is 18.7 Å². The Kier molecular flexibility index (Phi) is 4.02. The van der Waals surface area contributed by atoms with Crippen LogP contribution in [0.5, 0.6) is 0 Å². The molecule has 0 fully saturated rings. The van der Waals surface area contributed by atoms with Crippen LogP contribution in [0.2, 0.25) is 0 Å². The third-order valence-electron chi connectivity index (χ3n) is 3.47. The van der Waals surface area contributed by atoms with Crippen molar-refractivity contribution in [2.45, 2.75) is 19.9 Å². The molecule has 3 rings (SSSR count). The van der Waals surface area contributed by atoms with Gasteiger partial charge in [0.1, 0.15) is 0 Å². The molecule has 2 aromatic rings. The van der Waals surface area contributed by atoms with Crippen molar-refractivity contribution in [2.24, 2.45) is 0 Å². The SMILES string of the molecule is CCOC(=O)c1n[nH]c2c1CN(C(=O)c1ccc(Br)o1)CC2. The lowest BCUT2D eigenvalue weighted by atomic mass is 10.0. The fourth-order valence-corrected chi connectivity index (χ4v) is 2.73. The maximum atomic E-state index is 12.4. The van der Waals surface area contributed by atoms with Crippen LogP contribution in [0.25, 0.3) is 0 Å². The lowest BCUT2D eigenvalue weighted by molar-refractivity contribution is 0.0513. The van der Waals surface area contributed by atoms with Gasteiger partial charge in [-0.15, -0.1) is 0 Å². The van der Waals surface area contributed by atoms with Crippen LogP contribution >= 0.6 is 15.9 Å². The Morgan fingerprint density at radius 2 is 2.32 bits per heavy atom. The fourth-order valence-electron chi connectivity index (χ4n) is 2.42. The number of rotatable bonds is 3. The summed E-state index contributed by atoms with van der Waals surface area (Å²) in [5.41, 5.74) is 1.83. The Labute approximate surface area is 134 Å². The molecule has 8 heteroatoms. The molecule has 7 nitrogen and oxygen atoms in total. The highest BCUT2D eigenvalue weighted by Gasteiger charge is 2.29. The molecule has 0 atom stereocenters. The first-order valence-corrected chi connectivity index (χ1v) is 7.67. The van der Waals surface area contributed by atoms with Gasteiger partial charge < -0.3 is 14.1 Å². The molecule has 1 N–H and O–H groups in total. The minimum absolute atomic E-state index is 0.215. The van der Waals surface area contributed by atoms with E-state index in [9.17, 15) is 9.59 Å². The second kappa shape index (κ2) is 5.96. The lowest BCUT2D eigenvalue weighted by Crippen LogP contribution is -2.36. The van der Waals surface area contributed by atoms with Crippen molar-refractivity contribution in [3.63, 3.8) is 0 Å². The summed E-state index contributed by atoms with van der Waals surface area (Å²) in [5, 5.41) is 6.87. The van der Waals surface area contributed by atoms with Crippen LogP contribution in [0, 0.1) is 0 Å². The average Bonchev–Trinajstić information content (AvgIpc) is 3.12. The van der Waals surface area contributed by atoms with Gasteiger partial charge in [0.05, 0.1) is 13.2 Å². The molecular weight excluding hydrogens is 354 g/mol. The van der Waals surface area contributed by atoms with E-state index in [1.54, 1.807) is 24.0 Å². The smallest absolute Gasteiger partial charge is 0.359 e. The maximum absolute atomic E-state index is 12.4. The number of aromatic nitrogens is 2. The van der Waals surface area contributed by atoms with Gasteiger partial charge in [-0.1, -0.05) is 0 Å². The predicted octanol–water partition coefficient (Wildman–Crippen LogP) is 2.14. The molecule has 0 spiro atoms. The molecule has 22 heavy (non-hydrogen) atoms. The van der Waals surface area contributed by atoms with Gasteiger partial charge >= 0.3 is 5.97 Å². The van der Waals surface area contributed by atoms with Gasteiger partial charge in [-0.3, -0.25) is 9.89 Å². The number of carbonyl (C=O) groups is 2. The van der Waals surface area contributed by atoms with Gasteiger partial charge in [-0.05, 0) is 35.0 Å². The first-order valence-electron chi connectivity index (χ1n) is 6.88. The number of hydrogen-bond donors (Lipinski definition) is 1. The number of aromatic amines is 1. The second-order valence-electron chi connectivity index (χ2n) is 4.83. The first-order chi connectivity index (χ1) is 10.6. The zero-order valence-corrected chi connectivity index (χ0v) is 13.5. The van der Waals surface area contributed by atoms with E-state index in [-0.39, 0.29) is 24.0 Å².